The fourth-order valence-corrected chi connectivity index (χ4v) is 1.75. The number of aromatic nitrogens is 1. The topological polar surface area (TPSA) is 50.9 Å². The minimum absolute atomic E-state index is 0.477. The molecule has 0 saturated heterocycles. The molecule has 0 aliphatic heterocycles. The molecule has 2 unspecified atom stereocenters. The van der Waals surface area contributed by atoms with Crippen LogP contribution in [0.2, 0.25) is 0 Å². The Morgan fingerprint density at radius 3 is 2.77 bits per heavy atom. The van der Waals surface area contributed by atoms with Crippen molar-refractivity contribution < 1.29 is 0 Å². The molecular formula is C9H17N3S. The maximum Gasteiger partial charge on any atom is 0.139 e. The lowest BCUT2D eigenvalue weighted by atomic mass is 10.0. The Kier molecular flexibility index (Phi) is 3.54. The fourth-order valence-electron chi connectivity index (χ4n) is 1.08. The summed E-state index contributed by atoms with van der Waals surface area (Å²) in [5, 5.41) is 4.45. The summed E-state index contributed by atoms with van der Waals surface area (Å²) in [7, 11) is 0. The van der Waals surface area contributed by atoms with Crippen LogP contribution in [-0.4, -0.2) is 10.4 Å². The van der Waals surface area contributed by atoms with Gasteiger partial charge in [-0.2, -0.15) is 4.37 Å². The summed E-state index contributed by atoms with van der Waals surface area (Å²) < 4.78 is 4.01. The van der Waals surface area contributed by atoms with Gasteiger partial charge < -0.3 is 11.1 Å². The first-order valence-electron chi connectivity index (χ1n) is 4.62. The van der Waals surface area contributed by atoms with Gasteiger partial charge in [0.2, 0.25) is 0 Å². The molecule has 3 nitrogen and oxygen atoms in total. The van der Waals surface area contributed by atoms with Crippen molar-refractivity contribution in [2.45, 2.75) is 33.2 Å². The maximum absolute atomic E-state index is 5.52. The summed E-state index contributed by atoms with van der Waals surface area (Å²) >= 11 is 1.42. The zero-order valence-corrected chi connectivity index (χ0v) is 9.19. The summed E-state index contributed by atoms with van der Waals surface area (Å²) in [6, 6.07) is 2.36. The second-order valence-corrected chi connectivity index (χ2v) is 4.24. The van der Waals surface area contributed by atoms with E-state index in [1.807, 2.05) is 6.07 Å². The third kappa shape index (κ3) is 2.88. The van der Waals surface area contributed by atoms with Crippen molar-refractivity contribution in [2.75, 3.05) is 11.1 Å². The van der Waals surface area contributed by atoms with Crippen LogP contribution in [0.5, 0.6) is 0 Å². The van der Waals surface area contributed by atoms with E-state index < -0.39 is 0 Å². The van der Waals surface area contributed by atoms with Gasteiger partial charge in [-0.15, -0.1) is 0 Å². The quantitative estimate of drug-likeness (QED) is 0.783. The van der Waals surface area contributed by atoms with E-state index in [9.17, 15) is 0 Å². The molecule has 0 saturated carbocycles. The van der Waals surface area contributed by atoms with Crippen LogP contribution in [-0.2, 0) is 0 Å². The molecular weight excluding hydrogens is 182 g/mol. The SMILES string of the molecule is CCC(C)C(C)Nc1cc(N)ns1. The Morgan fingerprint density at radius 2 is 2.31 bits per heavy atom. The van der Waals surface area contributed by atoms with Crippen molar-refractivity contribution in [2.24, 2.45) is 5.92 Å². The van der Waals surface area contributed by atoms with Gasteiger partial charge in [0.15, 0.2) is 0 Å². The predicted molar refractivity (Wildman–Crippen MR) is 59.1 cm³/mol. The Bertz CT molecular complexity index is 259. The lowest BCUT2D eigenvalue weighted by molar-refractivity contribution is 0.495. The van der Waals surface area contributed by atoms with Crippen molar-refractivity contribution in [1.82, 2.24) is 4.37 Å². The van der Waals surface area contributed by atoms with E-state index in [2.05, 4.69) is 30.5 Å². The van der Waals surface area contributed by atoms with E-state index in [0.717, 1.165) is 5.00 Å². The smallest absolute Gasteiger partial charge is 0.139 e. The minimum Gasteiger partial charge on any atom is -0.383 e. The van der Waals surface area contributed by atoms with Gasteiger partial charge in [-0.25, -0.2) is 0 Å². The number of nitrogens with two attached hydrogens (primary N) is 1. The second-order valence-electron chi connectivity index (χ2n) is 3.43. The van der Waals surface area contributed by atoms with Gasteiger partial charge in [0.1, 0.15) is 10.8 Å². The van der Waals surface area contributed by atoms with Gasteiger partial charge in [0, 0.05) is 12.1 Å². The van der Waals surface area contributed by atoms with E-state index in [-0.39, 0.29) is 0 Å². The molecule has 3 N–H and O–H groups in total. The van der Waals surface area contributed by atoms with Crippen molar-refractivity contribution in [3.05, 3.63) is 6.07 Å². The predicted octanol–water partition coefficient (Wildman–Crippen LogP) is 2.57. The standard InChI is InChI=1S/C9H17N3S/c1-4-6(2)7(3)11-9-5-8(10)12-13-9/h5-7,11H,4H2,1-3H3,(H2,10,12). The van der Waals surface area contributed by atoms with E-state index in [1.165, 1.54) is 18.0 Å². The first-order chi connectivity index (χ1) is 6.13. The highest BCUT2D eigenvalue weighted by Crippen LogP contribution is 2.20. The van der Waals surface area contributed by atoms with Crippen LogP contribution < -0.4 is 11.1 Å². The number of rotatable bonds is 4. The molecule has 0 aromatic carbocycles. The van der Waals surface area contributed by atoms with Crippen molar-refractivity contribution >= 4 is 22.4 Å². The summed E-state index contributed by atoms with van der Waals surface area (Å²) in [5.74, 6) is 1.27. The normalized spacial score (nSPS) is 15.3. The number of anilines is 2. The molecule has 0 fully saturated rings. The molecule has 2 atom stereocenters. The van der Waals surface area contributed by atoms with E-state index in [1.54, 1.807) is 0 Å². The molecule has 0 spiro atoms. The third-order valence-corrected chi connectivity index (χ3v) is 3.13. The Balaban J connectivity index is 2.49. The van der Waals surface area contributed by atoms with Crippen LogP contribution in [0.25, 0.3) is 0 Å². The number of nitrogens with one attached hydrogen (secondary N) is 1. The summed E-state index contributed by atoms with van der Waals surface area (Å²) in [5.41, 5.74) is 5.52. The fraction of sp³-hybridized carbons (Fsp3) is 0.667. The van der Waals surface area contributed by atoms with Gasteiger partial charge in [-0.1, -0.05) is 20.3 Å². The lowest BCUT2D eigenvalue weighted by Gasteiger charge is -2.19. The molecule has 13 heavy (non-hydrogen) atoms. The van der Waals surface area contributed by atoms with E-state index in [4.69, 9.17) is 5.73 Å². The van der Waals surface area contributed by atoms with Gasteiger partial charge in [-0.3, -0.25) is 0 Å². The van der Waals surface area contributed by atoms with Crippen LogP contribution >= 0.6 is 11.5 Å². The van der Waals surface area contributed by atoms with Crippen LogP contribution in [0.4, 0.5) is 10.8 Å². The first-order valence-corrected chi connectivity index (χ1v) is 5.39. The lowest BCUT2D eigenvalue weighted by Crippen LogP contribution is -2.22. The van der Waals surface area contributed by atoms with Gasteiger partial charge in [0.25, 0.3) is 0 Å². The zero-order chi connectivity index (χ0) is 9.84. The molecule has 1 aromatic rings. The monoisotopic (exact) mass is 199 g/mol. The number of nitrogens with zero attached hydrogens (tertiary/aromatic N) is 1. The molecule has 0 amide bonds. The van der Waals surface area contributed by atoms with Crippen LogP contribution in [0.1, 0.15) is 27.2 Å². The number of hydrogen-bond acceptors (Lipinski definition) is 4. The van der Waals surface area contributed by atoms with Crippen LogP contribution in [0, 0.1) is 5.92 Å². The zero-order valence-electron chi connectivity index (χ0n) is 8.37. The van der Waals surface area contributed by atoms with Gasteiger partial charge in [-0.05, 0) is 24.4 Å². The van der Waals surface area contributed by atoms with Crippen LogP contribution in [0.3, 0.4) is 0 Å². The van der Waals surface area contributed by atoms with Crippen LogP contribution in [0.15, 0.2) is 6.07 Å². The summed E-state index contributed by atoms with van der Waals surface area (Å²) in [6.07, 6.45) is 1.18. The van der Waals surface area contributed by atoms with Gasteiger partial charge in [0.05, 0.1) is 0 Å². The highest BCUT2D eigenvalue weighted by atomic mass is 32.1. The molecule has 1 heterocycles. The van der Waals surface area contributed by atoms with E-state index >= 15 is 0 Å². The Hall–Kier alpha value is -0.770. The molecule has 0 aliphatic carbocycles. The molecule has 4 heteroatoms. The first kappa shape index (κ1) is 10.3. The molecule has 1 rings (SSSR count). The van der Waals surface area contributed by atoms with Gasteiger partial charge >= 0.3 is 0 Å². The molecule has 0 aliphatic rings. The number of hydrogen-bond donors (Lipinski definition) is 2. The number of nitrogen functional groups attached to an aromatic ring is 1. The van der Waals surface area contributed by atoms with E-state index in [0.29, 0.717) is 17.8 Å². The third-order valence-electron chi connectivity index (χ3n) is 2.40. The molecule has 0 radical (unpaired) electrons. The maximum atomic E-state index is 5.52. The average Bonchev–Trinajstić information content (AvgIpc) is 2.49. The summed E-state index contributed by atoms with van der Waals surface area (Å²) in [6.45, 7) is 6.62. The van der Waals surface area contributed by atoms with Crippen molar-refractivity contribution in [3.8, 4) is 0 Å². The second kappa shape index (κ2) is 4.46. The largest absolute Gasteiger partial charge is 0.383 e. The highest BCUT2D eigenvalue weighted by Gasteiger charge is 2.10. The van der Waals surface area contributed by atoms with Crippen molar-refractivity contribution in [3.63, 3.8) is 0 Å². The molecule has 0 bridgehead atoms. The Labute approximate surface area is 83.5 Å². The molecule has 74 valence electrons. The average molecular weight is 199 g/mol. The highest BCUT2D eigenvalue weighted by molar-refractivity contribution is 7.10. The Morgan fingerprint density at radius 1 is 1.62 bits per heavy atom. The van der Waals surface area contributed by atoms with Crippen molar-refractivity contribution in [1.29, 1.82) is 0 Å². The minimum atomic E-state index is 0.477. The summed E-state index contributed by atoms with van der Waals surface area (Å²) in [4.78, 5) is 0. The molecule has 1 aromatic heterocycles.